The summed E-state index contributed by atoms with van der Waals surface area (Å²) in [5, 5.41) is 0. The van der Waals surface area contributed by atoms with E-state index in [9.17, 15) is 4.79 Å². The monoisotopic (exact) mass is 161 g/mol. The van der Waals surface area contributed by atoms with E-state index in [0.29, 0.717) is 6.54 Å². The first-order valence-corrected chi connectivity index (χ1v) is 3.84. The number of isocyanates is 1. The van der Waals surface area contributed by atoms with Crippen LogP contribution in [-0.2, 0) is 11.3 Å². The molecule has 62 valence electrons. The van der Waals surface area contributed by atoms with Gasteiger partial charge in [0.2, 0.25) is 6.08 Å². The zero-order chi connectivity index (χ0) is 8.97. The molecule has 1 rings (SSSR count). The van der Waals surface area contributed by atoms with Crippen LogP contribution in [0, 0.1) is 13.8 Å². The molecule has 1 aromatic carbocycles. The molecule has 0 aliphatic rings. The molecule has 0 radical (unpaired) electrons. The van der Waals surface area contributed by atoms with Crippen LogP contribution in [0.15, 0.2) is 23.2 Å². The van der Waals surface area contributed by atoms with Crippen LogP contribution < -0.4 is 0 Å². The van der Waals surface area contributed by atoms with Gasteiger partial charge in [-0.05, 0) is 30.5 Å². The van der Waals surface area contributed by atoms with Crippen LogP contribution in [0.4, 0.5) is 0 Å². The van der Waals surface area contributed by atoms with E-state index in [0.717, 1.165) is 5.56 Å². The Morgan fingerprint density at radius 2 is 2.08 bits per heavy atom. The Balaban J connectivity index is 2.89. The lowest BCUT2D eigenvalue weighted by Gasteiger charge is -2.00. The lowest BCUT2D eigenvalue weighted by molar-refractivity contribution is 0.563. The molecule has 0 amide bonds. The average molecular weight is 161 g/mol. The van der Waals surface area contributed by atoms with E-state index in [-0.39, 0.29) is 0 Å². The molecule has 0 spiro atoms. The van der Waals surface area contributed by atoms with Gasteiger partial charge in [-0.15, -0.1) is 0 Å². The number of aryl methyl sites for hydroxylation is 2. The van der Waals surface area contributed by atoms with Gasteiger partial charge in [-0.2, -0.15) is 0 Å². The molecule has 0 aliphatic heterocycles. The number of hydrogen-bond acceptors (Lipinski definition) is 2. The van der Waals surface area contributed by atoms with E-state index in [4.69, 9.17) is 0 Å². The van der Waals surface area contributed by atoms with Crippen LogP contribution >= 0.6 is 0 Å². The molecule has 0 bridgehead atoms. The predicted octanol–water partition coefficient (Wildman–Crippen LogP) is 2.14. The minimum absolute atomic E-state index is 0.435. The summed E-state index contributed by atoms with van der Waals surface area (Å²) in [6.07, 6.45) is 1.53. The van der Waals surface area contributed by atoms with E-state index >= 15 is 0 Å². The second kappa shape index (κ2) is 3.84. The van der Waals surface area contributed by atoms with Crippen LogP contribution in [0.1, 0.15) is 16.7 Å². The van der Waals surface area contributed by atoms with Crippen LogP contribution in [0.2, 0.25) is 0 Å². The van der Waals surface area contributed by atoms with Crippen molar-refractivity contribution in [3.8, 4) is 0 Å². The third-order valence-corrected chi connectivity index (χ3v) is 1.90. The van der Waals surface area contributed by atoms with E-state index in [1.54, 1.807) is 0 Å². The van der Waals surface area contributed by atoms with Crippen molar-refractivity contribution >= 4 is 6.08 Å². The molecule has 0 saturated carbocycles. The fourth-order valence-corrected chi connectivity index (χ4v) is 1.03. The predicted molar refractivity (Wildman–Crippen MR) is 47.7 cm³/mol. The molecule has 0 atom stereocenters. The number of benzene rings is 1. The van der Waals surface area contributed by atoms with Crippen molar-refractivity contribution in [1.29, 1.82) is 0 Å². The van der Waals surface area contributed by atoms with Crippen LogP contribution in [0.25, 0.3) is 0 Å². The van der Waals surface area contributed by atoms with Gasteiger partial charge in [-0.25, -0.2) is 9.79 Å². The summed E-state index contributed by atoms with van der Waals surface area (Å²) >= 11 is 0. The molecular formula is C10H11NO. The number of carbonyl (C=O) groups excluding carboxylic acids is 1. The molecule has 2 heteroatoms. The Labute approximate surface area is 71.9 Å². The number of hydrogen-bond donors (Lipinski definition) is 0. The van der Waals surface area contributed by atoms with Crippen molar-refractivity contribution < 1.29 is 4.79 Å². The van der Waals surface area contributed by atoms with E-state index in [1.807, 2.05) is 25.1 Å². The van der Waals surface area contributed by atoms with Gasteiger partial charge in [-0.1, -0.05) is 18.2 Å². The van der Waals surface area contributed by atoms with Gasteiger partial charge >= 0.3 is 0 Å². The molecule has 0 unspecified atom stereocenters. The average Bonchev–Trinajstić information content (AvgIpc) is 2.07. The van der Waals surface area contributed by atoms with Gasteiger partial charge in [0.15, 0.2) is 0 Å². The summed E-state index contributed by atoms with van der Waals surface area (Å²) < 4.78 is 0. The van der Waals surface area contributed by atoms with Gasteiger partial charge in [-0.3, -0.25) is 0 Å². The van der Waals surface area contributed by atoms with Crippen LogP contribution in [-0.4, -0.2) is 6.08 Å². The molecule has 0 aliphatic carbocycles. The standard InChI is InChI=1S/C10H11NO/c1-8-3-4-10(5-9(8)2)6-11-7-12/h3-5H,6H2,1-2H3. The Kier molecular flexibility index (Phi) is 2.78. The number of aliphatic imine (C=N–C) groups is 1. The summed E-state index contributed by atoms with van der Waals surface area (Å²) in [6, 6.07) is 6.05. The quantitative estimate of drug-likeness (QED) is 0.482. The highest BCUT2D eigenvalue weighted by molar-refractivity contribution is 5.35. The van der Waals surface area contributed by atoms with Gasteiger partial charge in [0.1, 0.15) is 0 Å². The topological polar surface area (TPSA) is 29.4 Å². The van der Waals surface area contributed by atoms with Gasteiger partial charge in [0.05, 0.1) is 6.54 Å². The fourth-order valence-electron chi connectivity index (χ4n) is 1.03. The molecule has 0 N–H and O–H groups in total. The first kappa shape index (κ1) is 8.69. The highest BCUT2D eigenvalue weighted by atomic mass is 16.1. The second-order valence-electron chi connectivity index (χ2n) is 2.83. The first-order chi connectivity index (χ1) is 5.74. The second-order valence-corrected chi connectivity index (χ2v) is 2.83. The van der Waals surface area contributed by atoms with Crippen LogP contribution in [0.5, 0.6) is 0 Å². The first-order valence-electron chi connectivity index (χ1n) is 3.84. The molecule has 0 heterocycles. The maximum absolute atomic E-state index is 9.84. The Hall–Kier alpha value is -1.40. The molecule has 2 nitrogen and oxygen atoms in total. The maximum atomic E-state index is 9.84. The Bertz CT molecular complexity index is 325. The number of rotatable bonds is 2. The molecule has 0 saturated heterocycles. The maximum Gasteiger partial charge on any atom is 0.235 e. The van der Waals surface area contributed by atoms with Crippen molar-refractivity contribution in [2.45, 2.75) is 20.4 Å². The van der Waals surface area contributed by atoms with E-state index in [1.165, 1.54) is 17.2 Å². The molecule has 12 heavy (non-hydrogen) atoms. The fraction of sp³-hybridized carbons (Fsp3) is 0.300. The summed E-state index contributed by atoms with van der Waals surface area (Å²) in [7, 11) is 0. The molecule has 1 aromatic rings. The van der Waals surface area contributed by atoms with Crippen molar-refractivity contribution in [2.75, 3.05) is 0 Å². The molecule has 0 aromatic heterocycles. The highest BCUT2D eigenvalue weighted by Gasteiger charge is 1.94. The van der Waals surface area contributed by atoms with Crippen LogP contribution in [0.3, 0.4) is 0 Å². The lowest BCUT2D eigenvalue weighted by Crippen LogP contribution is -1.85. The largest absolute Gasteiger partial charge is 0.235 e. The SMILES string of the molecule is Cc1ccc(CN=C=O)cc1C. The third-order valence-electron chi connectivity index (χ3n) is 1.90. The molecular weight excluding hydrogens is 150 g/mol. The lowest BCUT2D eigenvalue weighted by atomic mass is 10.1. The van der Waals surface area contributed by atoms with Gasteiger partial charge in [0, 0.05) is 0 Å². The summed E-state index contributed by atoms with van der Waals surface area (Å²) in [4.78, 5) is 13.3. The van der Waals surface area contributed by atoms with Crippen molar-refractivity contribution in [1.82, 2.24) is 0 Å². The van der Waals surface area contributed by atoms with Gasteiger partial charge in [0.25, 0.3) is 0 Å². The minimum Gasteiger partial charge on any atom is -0.211 e. The van der Waals surface area contributed by atoms with E-state index < -0.39 is 0 Å². The van der Waals surface area contributed by atoms with Gasteiger partial charge < -0.3 is 0 Å². The summed E-state index contributed by atoms with van der Waals surface area (Å²) in [6.45, 7) is 4.54. The van der Waals surface area contributed by atoms with E-state index in [2.05, 4.69) is 11.9 Å². The number of nitrogens with zero attached hydrogens (tertiary/aromatic N) is 1. The minimum atomic E-state index is 0.435. The highest BCUT2D eigenvalue weighted by Crippen LogP contribution is 2.10. The summed E-state index contributed by atoms with van der Waals surface area (Å²) in [5.74, 6) is 0. The smallest absolute Gasteiger partial charge is 0.211 e. The normalized spacial score (nSPS) is 9.17. The van der Waals surface area contributed by atoms with Crippen molar-refractivity contribution in [3.63, 3.8) is 0 Å². The third kappa shape index (κ3) is 2.04. The molecule has 0 fully saturated rings. The zero-order valence-electron chi connectivity index (χ0n) is 7.29. The summed E-state index contributed by atoms with van der Waals surface area (Å²) in [5.41, 5.74) is 3.55. The van der Waals surface area contributed by atoms with Crippen molar-refractivity contribution in [2.24, 2.45) is 4.99 Å². The Morgan fingerprint density at radius 3 is 2.67 bits per heavy atom. The zero-order valence-corrected chi connectivity index (χ0v) is 7.29. The van der Waals surface area contributed by atoms with Crippen molar-refractivity contribution in [3.05, 3.63) is 34.9 Å². The Morgan fingerprint density at radius 1 is 1.33 bits per heavy atom.